The summed E-state index contributed by atoms with van der Waals surface area (Å²) in [6.07, 6.45) is 3.40. The maximum Gasteiger partial charge on any atom is 0.332 e. The molecule has 0 unspecified atom stereocenters. The van der Waals surface area contributed by atoms with Crippen molar-refractivity contribution in [3.05, 3.63) is 68.4 Å². The summed E-state index contributed by atoms with van der Waals surface area (Å²) < 4.78 is 22.1. The molecule has 3 aromatic heterocycles. The van der Waals surface area contributed by atoms with E-state index in [1.807, 2.05) is 0 Å². The van der Waals surface area contributed by atoms with E-state index in [1.54, 1.807) is 27.0 Å². The van der Waals surface area contributed by atoms with Gasteiger partial charge >= 0.3 is 5.69 Å². The van der Waals surface area contributed by atoms with Crippen molar-refractivity contribution in [3.8, 4) is 10.8 Å². The molecule has 1 aromatic carbocycles. The second kappa shape index (κ2) is 8.70. The molecular formula is C24H25FN6O4S. The minimum absolute atomic E-state index is 0.0403. The Kier molecular flexibility index (Phi) is 5.78. The number of likely N-dealkylation sites (tertiary alicyclic amines) is 1. The van der Waals surface area contributed by atoms with Crippen LogP contribution >= 0.6 is 11.3 Å². The van der Waals surface area contributed by atoms with E-state index in [-0.39, 0.29) is 31.8 Å². The van der Waals surface area contributed by atoms with E-state index < -0.39 is 22.6 Å². The second-order valence-corrected chi connectivity index (χ2v) is 10.2. The number of nitrogens with zero attached hydrogens (tertiary/aromatic N) is 6. The number of rotatable bonds is 6. The van der Waals surface area contributed by atoms with Crippen LogP contribution in [-0.2, 0) is 23.3 Å². The summed E-state index contributed by atoms with van der Waals surface area (Å²) in [5, 5.41) is 9.38. The number of likely N-dealkylation sites (N-methyl/N-ethyl adjacent to an activating group) is 1. The number of halogens is 1. The lowest BCUT2D eigenvalue weighted by molar-refractivity contribution is -0.126. The van der Waals surface area contributed by atoms with Crippen molar-refractivity contribution in [2.45, 2.75) is 38.8 Å². The average molecular weight is 513 g/mol. The molecule has 1 aliphatic heterocycles. The lowest BCUT2D eigenvalue weighted by atomic mass is 10.0. The van der Waals surface area contributed by atoms with Gasteiger partial charge in [0, 0.05) is 25.7 Å². The van der Waals surface area contributed by atoms with Crippen molar-refractivity contribution in [3.63, 3.8) is 0 Å². The van der Waals surface area contributed by atoms with Crippen LogP contribution in [0, 0.1) is 12.7 Å². The molecule has 5 rings (SSSR count). The van der Waals surface area contributed by atoms with E-state index >= 15 is 0 Å². The molecule has 0 N–H and O–H groups in total. The van der Waals surface area contributed by atoms with E-state index in [9.17, 15) is 18.8 Å². The zero-order valence-electron chi connectivity index (χ0n) is 20.3. The normalized spacial score (nSPS) is 17.9. The van der Waals surface area contributed by atoms with Gasteiger partial charge in [-0.2, -0.15) is 10.2 Å². The summed E-state index contributed by atoms with van der Waals surface area (Å²) in [6, 6.07) is 4.23. The number of benzene rings is 1. The van der Waals surface area contributed by atoms with Gasteiger partial charge in [0.15, 0.2) is 0 Å². The monoisotopic (exact) mass is 512 g/mol. The zero-order valence-corrected chi connectivity index (χ0v) is 21.1. The van der Waals surface area contributed by atoms with E-state index in [2.05, 4.69) is 10.2 Å². The van der Waals surface area contributed by atoms with Crippen molar-refractivity contribution < 1.29 is 13.9 Å². The number of thiophene rings is 1. The molecule has 0 spiro atoms. The first kappa shape index (κ1) is 23.9. The number of aryl methyl sites for hydroxylation is 3. The van der Waals surface area contributed by atoms with Gasteiger partial charge in [0.1, 0.15) is 21.4 Å². The Morgan fingerprint density at radius 3 is 2.56 bits per heavy atom. The van der Waals surface area contributed by atoms with Gasteiger partial charge in [-0.15, -0.1) is 4.80 Å². The zero-order chi connectivity index (χ0) is 25.8. The van der Waals surface area contributed by atoms with Crippen LogP contribution in [0.25, 0.3) is 15.2 Å². The van der Waals surface area contributed by atoms with Crippen LogP contribution in [0.3, 0.4) is 0 Å². The molecule has 10 nitrogen and oxygen atoms in total. The molecule has 0 saturated carbocycles. The highest BCUT2D eigenvalue weighted by Gasteiger charge is 2.42. The Labute approximate surface area is 209 Å². The Bertz CT molecular complexity index is 1610. The number of carbonyl (C=O) groups excluding carboxylic acids is 1. The molecule has 4 aromatic rings. The molecule has 0 radical (unpaired) electrons. The van der Waals surface area contributed by atoms with Crippen molar-refractivity contribution in [2.75, 3.05) is 20.7 Å². The minimum Gasteiger partial charge on any atom is -0.496 e. The molecule has 12 heteroatoms. The second-order valence-electron chi connectivity index (χ2n) is 9.24. The Balaban J connectivity index is 1.74. The topological polar surface area (TPSA) is 104 Å². The van der Waals surface area contributed by atoms with Crippen LogP contribution in [0.4, 0.5) is 4.39 Å². The minimum atomic E-state index is -1.01. The third-order valence-electron chi connectivity index (χ3n) is 6.71. The van der Waals surface area contributed by atoms with Crippen molar-refractivity contribution in [2.24, 2.45) is 0 Å². The number of hydrogen-bond donors (Lipinski definition) is 0. The van der Waals surface area contributed by atoms with Crippen LogP contribution in [-0.4, -0.2) is 55.6 Å². The van der Waals surface area contributed by atoms with E-state index in [0.717, 1.165) is 0 Å². The molecule has 1 amide bonds. The van der Waals surface area contributed by atoms with Gasteiger partial charge in [-0.1, -0.05) is 11.3 Å². The predicted molar refractivity (Wildman–Crippen MR) is 133 cm³/mol. The number of methoxy groups -OCH3 is 1. The van der Waals surface area contributed by atoms with Crippen LogP contribution in [0.2, 0.25) is 0 Å². The SMILES string of the molecule is COc1ccc(F)cc1CCn1c(=O)n([C@]2(C)CC(=O)N(C)C2)c(=O)c2c(C)c(-n3nccn3)sc21. The number of amides is 1. The first-order valence-corrected chi connectivity index (χ1v) is 12.2. The summed E-state index contributed by atoms with van der Waals surface area (Å²) in [6.45, 7) is 3.95. The van der Waals surface area contributed by atoms with E-state index in [1.165, 1.54) is 61.8 Å². The fourth-order valence-electron chi connectivity index (χ4n) is 4.96. The summed E-state index contributed by atoms with van der Waals surface area (Å²) in [4.78, 5) is 43.6. The van der Waals surface area contributed by atoms with E-state index in [4.69, 9.17) is 4.74 Å². The largest absolute Gasteiger partial charge is 0.496 e. The van der Waals surface area contributed by atoms with Crippen molar-refractivity contribution >= 4 is 27.5 Å². The third-order valence-corrected chi connectivity index (χ3v) is 7.99. The van der Waals surface area contributed by atoms with Gasteiger partial charge in [0.05, 0.1) is 36.8 Å². The highest BCUT2D eigenvalue weighted by molar-refractivity contribution is 7.21. The fourth-order valence-corrected chi connectivity index (χ4v) is 6.20. The fraction of sp³-hybridized carbons (Fsp3) is 0.375. The molecule has 1 aliphatic rings. The smallest absolute Gasteiger partial charge is 0.332 e. The van der Waals surface area contributed by atoms with Gasteiger partial charge in [0.25, 0.3) is 5.56 Å². The van der Waals surface area contributed by atoms with Crippen molar-refractivity contribution in [1.29, 1.82) is 0 Å². The maximum atomic E-state index is 14.0. The maximum absolute atomic E-state index is 14.0. The first-order chi connectivity index (χ1) is 17.1. The summed E-state index contributed by atoms with van der Waals surface area (Å²) >= 11 is 1.24. The standard InChI is InChI=1S/C24H25FN6O4S/c1-14-19-20(33)30(24(2)12-18(32)28(3)13-24)23(34)29(22(19)36-21(14)31-26-8-9-27-31)10-7-15-11-16(25)5-6-17(15)35-4/h5-6,8-9,11H,7,10,12-13H2,1-4H3/t24-/m1/s1. The molecule has 1 atom stereocenters. The number of ether oxygens (including phenoxy) is 1. The summed E-state index contributed by atoms with van der Waals surface area (Å²) in [5.41, 5.74) is -0.741. The molecule has 4 heterocycles. The average Bonchev–Trinajstić information content (AvgIpc) is 3.52. The van der Waals surface area contributed by atoms with Gasteiger partial charge in [-0.3, -0.25) is 18.7 Å². The van der Waals surface area contributed by atoms with Crippen LogP contribution < -0.4 is 16.0 Å². The van der Waals surface area contributed by atoms with Crippen LogP contribution in [0.15, 0.2) is 40.2 Å². The number of hydrogen-bond acceptors (Lipinski definition) is 7. The Morgan fingerprint density at radius 1 is 1.19 bits per heavy atom. The number of fused-ring (bicyclic) bond motifs is 1. The highest BCUT2D eigenvalue weighted by atomic mass is 32.1. The molecule has 36 heavy (non-hydrogen) atoms. The van der Waals surface area contributed by atoms with Gasteiger partial charge in [-0.05, 0) is 44.0 Å². The summed E-state index contributed by atoms with van der Waals surface area (Å²) in [7, 11) is 3.16. The highest BCUT2D eigenvalue weighted by Crippen LogP contribution is 2.33. The van der Waals surface area contributed by atoms with Crippen LogP contribution in [0.1, 0.15) is 24.5 Å². The summed E-state index contributed by atoms with van der Waals surface area (Å²) in [5.74, 6) is -0.0384. The van der Waals surface area contributed by atoms with E-state index in [0.29, 0.717) is 32.1 Å². The first-order valence-electron chi connectivity index (χ1n) is 11.4. The Hall–Kier alpha value is -3.80. The van der Waals surface area contributed by atoms with Crippen LogP contribution in [0.5, 0.6) is 5.75 Å². The van der Waals surface area contributed by atoms with Crippen molar-refractivity contribution in [1.82, 2.24) is 29.0 Å². The third kappa shape index (κ3) is 3.72. The molecule has 188 valence electrons. The predicted octanol–water partition coefficient (Wildman–Crippen LogP) is 2.08. The molecule has 1 saturated heterocycles. The number of carbonyl (C=O) groups is 1. The quantitative estimate of drug-likeness (QED) is 0.392. The van der Waals surface area contributed by atoms with Gasteiger partial charge < -0.3 is 9.64 Å². The number of aromatic nitrogens is 5. The van der Waals surface area contributed by atoms with Gasteiger partial charge in [-0.25, -0.2) is 9.18 Å². The molecule has 0 bridgehead atoms. The molecule has 1 fully saturated rings. The molecule has 0 aliphatic carbocycles. The Morgan fingerprint density at radius 2 is 1.92 bits per heavy atom. The van der Waals surface area contributed by atoms with Gasteiger partial charge in [0.2, 0.25) is 5.91 Å². The lowest BCUT2D eigenvalue weighted by Crippen LogP contribution is -2.51. The lowest BCUT2D eigenvalue weighted by Gasteiger charge is -2.26. The molecular weight excluding hydrogens is 487 g/mol.